The van der Waals surface area contributed by atoms with Crippen LogP contribution in [-0.4, -0.2) is 37.9 Å². The van der Waals surface area contributed by atoms with Gasteiger partial charge in [0.2, 0.25) is 5.95 Å². The molecule has 0 aliphatic heterocycles. The first kappa shape index (κ1) is 20.1. The number of nitrogens with one attached hydrogen (secondary N) is 2. The fourth-order valence-electron chi connectivity index (χ4n) is 3.24. The van der Waals surface area contributed by atoms with Gasteiger partial charge in [0.1, 0.15) is 5.75 Å². The topological polar surface area (TPSA) is 140 Å². The van der Waals surface area contributed by atoms with Gasteiger partial charge in [0, 0.05) is 41.5 Å². The van der Waals surface area contributed by atoms with Gasteiger partial charge in [0.05, 0.1) is 19.4 Å². The van der Waals surface area contributed by atoms with E-state index in [0.717, 1.165) is 10.8 Å². The highest BCUT2D eigenvalue weighted by Crippen LogP contribution is 2.32. The third-order valence-electron chi connectivity index (χ3n) is 4.70. The molecule has 0 bridgehead atoms. The van der Waals surface area contributed by atoms with Crippen LogP contribution < -0.4 is 21.1 Å². The van der Waals surface area contributed by atoms with E-state index in [1.807, 2.05) is 36.1 Å². The number of nitrogens with zero attached hydrogens (tertiary/aromatic N) is 4. The summed E-state index contributed by atoms with van der Waals surface area (Å²) in [6, 6.07) is 10.9. The minimum Gasteiger partial charge on any atom is -0.495 e. The molecule has 158 valence electrons. The molecule has 4 aromatic rings. The number of hydrogen-bond acceptors (Lipinski definition) is 8. The number of benzene rings is 2. The van der Waals surface area contributed by atoms with E-state index in [9.17, 15) is 9.90 Å². The fourth-order valence-corrected chi connectivity index (χ4v) is 3.24. The number of para-hydroxylation sites is 1. The summed E-state index contributed by atoms with van der Waals surface area (Å²) in [6.45, 7) is -0.188. The Morgan fingerprint density at radius 2 is 1.87 bits per heavy atom. The van der Waals surface area contributed by atoms with E-state index in [0.29, 0.717) is 22.7 Å². The Bertz CT molecular complexity index is 1270. The third-order valence-corrected chi connectivity index (χ3v) is 4.70. The van der Waals surface area contributed by atoms with Crippen molar-refractivity contribution >= 4 is 39.8 Å². The van der Waals surface area contributed by atoms with Crippen LogP contribution in [0.5, 0.6) is 5.75 Å². The smallest absolute Gasteiger partial charge is 0.273 e. The Hall–Kier alpha value is -4.18. The lowest BCUT2D eigenvalue weighted by Gasteiger charge is -2.14. The van der Waals surface area contributed by atoms with Crippen LogP contribution in [0, 0.1) is 0 Å². The van der Waals surface area contributed by atoms with Gasteiger partial charge in [0.15, 0.2) is 11.5 Å². The molecule has 0 unspecified atom stereocenters. The predicted octanol–water partition coefficient (Wildman–Crippen LogP) is 2.45. The summed E-state index contributed by atoms with van der Waals surface area (Å²) in [5.74, 6) is 0.0773. The molecule has 1 amide bonds. The highest BCUT2D eigenvalue weighted by Gasteiger charge is 2.17. The quantitative estimate of drug-likeness (QED) is 0.358. The molecule has 4 rings (SSSR count). The molecule has 31 heavy (non-hydrogen) atoms. The summed E-state index contributed by atoms with van der Waals surface area (Å²) in [7, 11) is 3.51. The van der Waals surface area contributed by atoms with Crippen molar-refractivity contribution in [2.24, 2.45) is 12.8 Å². The number of nitrogens with two attached hydrogens (primary N) is 1. The summed E-state index contributed by atoms with van der Waals surface area (Å²) in [4.78, 5) is 16.2. The molecule has 5 N–H and O–H groups in total. The second-order valence-corrected chi connectivity index (χ2v) is 6.87. The lowest BCUT2D eigenvalue weighted by Crippen LogP contribution is -2.18. The molecule has 2 heterocycles. The first-order valence-corrected chi connectivity index (χ1v) is 9.39. The van der Waals surface area contributed by atoms with E-state index in [1.54, 1.807) is 31.4 Å². The molecule has 0 fully saturated rings. The molecule has 0 spiro atoms. The zero-order valence-corrected chi connectivity index (χ0v) is 17.0. The number of aromatic nitrogens is 4. The van der Waals surface area contributed by atoms with Gasteiger partial charge in [-0.1, -0.05) is 18.2 Å². The normalized spacial score (nSPS) is 10.8. The van der Waals surface area contributed by atoms with Gasteiger partial charge >= 0.3 is 0 Å². The fraction of sp³-hybridized carbons (Fsp3) is 0.143. The van der Waals surface area contributed by atoms with Crippen molar-refractivity contribution < 1.29 is 14.6 Å². The van der Waals surface area contributed by atoms with Crippen molar-refractivity contribution in [2.75, 3.05) is 17.7 Å². The first-order valence-electron chi connectivity index (χ1n) is 9.39. The van der Waals surface area contributed by atoms with Crippen molar-refractivity contribution in [1.82, 2.24) is 19.7 Å². The minimum atomic E-state index is -0.779. The maximum Gasteiger partial charge on any atom is 0.273 e. The number of aliphatic hydroxyl groups is 1. The largest absolute Gasteiger partial charge is 0.495 e. The maximum absolute atomic E-state index is 11.8. The van der Waals surface area contributed by atoms with Gasteiger partial charge < -0.3 is 30.8 Å². The highest BCUT2D eigenvalue weighted by atomic mass is 16.5. The molecule has 10 nitrogen and oxygen atoms in total. The molecule has 2 aromatic carbocycles. The van der Waals surface area contributed by atoms with Gasteiger partial charge in [-0.2, -0.15) is 4.98 Å². The highest BCUT2D eigenvalue weighted by molar-refractivity contribution is 5.96. The van der Waals surface area contributed by atoms with Gasteiger partial charge in [0.25, 0.3) is 5.91 Å². The van der Waals surface area contributed by atoms with E-state index in [1.165, 1.54) is 0 Å². The van der Waals surface area contributed by atoms with Crippen molar-refractivity contribution in [2.45, 2.75) is 6.61 Å². The minimum absolute atomic E-state index is 0.116. The Balaban J connectivity index is 1.72. The first-order chi connectivity index (χ1) is 15.0. The molecule has 2 aromatic heterocycles. The van der Waals surface area contributed by atoms with Crippen LogP contribution in [0.1, 0.15) is 16.1 Å². The molecule has 0 radical (unpaired) electrons. The molecular formula is C21H21N7O3. The van der Waals surface area contributed by atoms with Crippen LogP contribution in [0.2, 0.25) is 0 Å². The second-order valence-electron chi connectivity index (χ2n) is 6.87. The van der Waals surface area contributed by atoms with E-state index in [4.69, 9.17) is 10.5 Å². The number of hydrogen-bond donors (Lipinski definition) is 4. The zero-order chi connectivity index (χ0) is 22.0. The molecule has 0 saturated heterocycles. The van der Waals surface area contributed by atoms with Crippen molar-refractivity contribution in [3.63, 3.8) is 0 Å². The number of aliphatic hydroxyl groups excluding tert-OH is 1. The van der Waals surface area contributed by atoms with Crippen molar-refractivity contribution in [1.29, 1.82) is 0 Å². The Kier molecular flexibility index (Phi) is 5.37. The number of carbonyl (C=O) groups is 1. The number of methoxy groups -OCH3 is 1. The van der Waals surface area contributed by atoms with E-state index in [2.05, 4.69) is 25.8 Å². The summed E-state index contributed by atoms with van der Waals surface area (Å²) in [6.07, 6.45) is 3.97. The van der Waals surface area contributed by atoms with Gasteiger partial charge in [-0.05, 0) is 18.2 Å². The molecular weight excluding hydrogens is 398 g/mol. The lowest BCUT2D eigenvalue weighted by molar-refractivity contribution is 0.0995. The second kappa shape index (κ2) is 8.28. The van der Waals surface area contributed by atoms with Crippen molar-refractivity contribution in [3.05, 3.63) is 60.0 Å². The summed E-state index contributed by atoms with van der Waals surface area (Å²) >= 11 is 0. The Morgan fingerprint density at radius 3 is 2.58 bits per heavy atom. The van der Waals surface area contributed by atoms with Crippen LogP contribution in [-0.2, 0) is 13.7 Å². The molecule has 0 atom stereocenters. The van der Waals surface area contributed by atoms with E-state index >= 15 is 0 Å². The van der Waals surface area contributed by atoms with E-state index in [-0.39, 0.29) is 24.1 Å². The van der Waals surface area contributed by atoms with Crippen LogP contribution >= 0.6 is 0 Å². The number of amides is 1. The zero-order valence-electron chi connectivity index (χ0n) is 17.0. The predicted molar refractivity (Wildman–Crippen MR) is 117 cm³/mol. The van der Waals surface area contributed by atoms with Gasteiger partial charge in [-0.15, -0.1) is 10.2 Å². The molecule has 0 saturated carbocycles. The summed E-state index contributed by atoms with van der Waals surface area (Å²) < 4.78 is 7.44. The monoisotopic (exact) mass is 419 g/mol. The van der Waals surface area contributed by atoms with Gasteiger partial charge in [-0.3, -0.25) is 4.79 Å². The SMILES string of the molecule is COc1cc2cn(C)cc2cc1Nc1nnc(C(N)=O)c(Nc2ccccc2CO)n1. The average Bonchev–Trinajstić information content (AvgIpc) is 3.12. The lowest BCUT2D eigenvalue weighted by atomic mass is 10.2. The number of rotatable bonds is 7. The number of anilines is 4. The summed E-state index contributed by atoms with van der Waals surface area (Å²) in [5, 5.41) is 25.6. The summed E-state index contributed by atoms with van der Waals surface area (Å²) in [5.41, 5.74) is 7.15. The van der Waals surface area contributed by atoms with Crippen molar-refractivity contribution in [3.8, 4) is 5.75 Å². The number of aryl methyl sites for hydroxylation is 1. The average molecular weight is 419 g/mol. The van der Waals surface area contributed by atoms with Crippen LogP contribution in [0.3, 0.4) is 0 Å². The van der Waals surface area contributed by atoms with E-state index < -0.39 is 5.91 Å². The Labute approximate surface area is 177 Å². The number of carbonyl (C=O) groups excluding carboxylic acids is 1. The number of primary amides is 1. The maximum atomic E-state index is 11.8. The Morgan fingerprint density at radius 1 is 1.13 bits per heavy atom. The standard InChI is InChI=1S/C21H21N7O3/c1-28-9-13-7-16(17(31-2)8-14(13)10-28)24-21-25-20(18(19(22)30)26-27-21)23-15-6-4-3-5-12(15)11-29/h3-10,29H,11H2,1-2H3,(H2,22,30)(H2,23,24,25,27). The molecule has 0 aliphatic rings. The number of ether oxygens (including phenoxy) is 1. The van der Waals surface area contributed by atoms with Crippen LogP contribution in [0.15, 0.2) is 48.8 Å². The van der Waals surface area contributed by atoms with Gasteiger partial charge in [-0.25, -0.2) is 0 Å². The molecule has 10 heteroatoms. The number of fused-ring (bicyclic) bond motifs is 1. The van der Waals surface area contributed by atoms with Crippen LogP contribution in [0.25, 0.3) is 10.8 Å². The molecule has 0 aliphatic carbocycles. The third kappa shape index (κ3) is 4.09. The van der Waals surface area contributed by atoms with Crippen LogP contribution in [0.4, 0.5) is 23.1 Å².